The van der Waals surface area contributed by atoms with Crippen molar-refractivity contribution in [1.29, 1.82) is 0 Å². The van der Waals surface area contributed by atoms with E-state index < -0.39 is 0 Å². The Balaban J connectivity index is 2.92. The van der Waals surface area contributed by atoms with Crippen LogP contribution in [0.3, 0.4) is 0 Å². The number of hydrogen-bond acceptors (Lipinski definition) is 2. The molecule has 0 aliphatic heterocycles. The topological polar surface area (TPSA) is 35.2 Å². The van der Waals surface area contributed by atoms with E-state index >= 15 is 0 Å². The van der Waals surface area contributed by atoms with Crippen LogP contribution < -0.4 is 10.5 Å². The molecule has 1 unspecified atom stereocenters. The monoisotopic (exact) mass is 183 g/mol. The Morgan fingerprint density at radius 2 is 2.23 bits per heavy atom. The fourth-order valence-electron chi connectivity index (χ4n) is 1.13. The zero-order valence-corrected chi connectivity index (χ0v) is 7.88. The molecule has 1 rings (SSSR count). The van der Waals surface area contributed by atoms with Crippen LogP contribution >= 0.6 is 0 Å². The summed E-state index contributed by atoms with van der Waals surface area (Å²) in [6.45, 7) is 4.15. The molecular weight excluding hydrogens is 169 g/mol. The SMILES string of the molecule is CCOc1ccc(C(C)N)c(F)c1. The van der Waals surface area contributed by atoms with Crippen molar-refractivity contribution in [2.75, 3.05) is 6.61 Å². The molecule has 72 valence electrons. The van der Waals surface area contributed by atoms with Gasteiger partial charge in [0.25, 0.3) is 0 Å². The molecule has 0 spiro atoms. The minimum Gasteiger partial charge on any atom is -0.494 e. The Morgan fingerprint density at radius 3 is 2.69 bits per heavy atom. The first-order valence-electron chi connectivity index (χ1n) is 4.33. The maximum Gasteiger partial charge on any atom is 0.131 e. The van der Waals surface area contributed by atoms with Gasteiger partial charge in [-0.3, -0.25) is 0 Å². The highest BCUT2D eigenvalue weighted by Crippen LogP contribution is 2.20. The van der Waals surface area contributed by atoms with Crippen molar-refractivity contribution in [3.05, 3.63) is 29.6 Å². The molecular formula is C10H14FNO. The van der Waals surface area contributed by atoms with Crippen molar-refractivity contribution in [3.8, 4) is 5.75 Å². The van der Waals surface area contributed by atoms with Gasteiger partial charge in [0.05, 0.1) is 6.61 Å². The Labute approximate surface area is 77.5 Å². The van der Waals surface area contributed by atoms with Crippen molar-refractivity contribution in [2.24, 2.45) is 5.73 Å². The molecule has 2 N–H and O–H groups in total. The van der Waals surface area contributed by atoms with Gasteiger partial charge >= 0.3 is 0 Å². The Morgan fingerprint density at radius 1 is 1.54 bits per heavy atom. The third-order valence-electron chi connectivity index (χ3n) is 1.77. The third-order valence-corrected chi connectivity index (χ3v) is 1.77. The lowest BCUT2D eigenvalue weighted by atomic mass is 10.1. The maximum atomic E-state index is 13.3. The molecule has 1 atom stereocenters. The molecule has 13 heavy (non-hydrogen) atoms. The number of rotatable bonds is 3. The normalized spacial score (nSPS) is 12.6. The van der Waals surface area contributed by atoms with E-state index in [1.807, 2.05) is 6.92 Å². The Hall–Kier alpha value is -1.09. The summed E-state index contributed by atoms with van der Waals surface area (Å²) < 4.78 is 18.4. The molecule has 0 aromatic heterocycles. The molecule has 0 bridgehead atoms. The van der Waals surface area contributed by atoms with Crippen molar-refractivity contribution >= 4 is 0 Å². The number of halogens is 1. The summed E-state index contributed by atoms with van der Waals surface area (Å²) in [5.74, 6) is 0.241. The largest absolute Gasteiger partial charge is 0.494 e. The lowest BCUT2D eigenvalue weighted by molar-refractivity contribution is 0.338. The molecule has 1 aromatic carbocycles. The zero-order valence-electron chi connectivity index (χ0n) is 7.88. The van der Waals surface area contributed by atoms with Gasteiger partial charge in [0.2, 0.25) is 0 Å². The highest BCUT2D eigenvalue weighted by Gasteiger charge is 2.07. The quantitative estimate of drug-likeness (QED) is 0.780. The van der Waals surface area contributed by atoms with Gasteiger partial charge in [-0.15, -0.1) is 0 Å². The lowest BCUT2D eigenvalue weighted by Gasteiger charge is -2.09. The van der Waals surface area contributed by atoms with E-state index in [0.29, 0.717) is 17.9 Å². The molecule has 1 aromatic rings. The summed E-state index contributed by atoms with van der Waals surface area (Å²) in [6, 6.07) is 4.47. The highest BCUT2D eigenvalue weighted by molar-refractivity contribution is 5.30. The van der Waals surface area contributed by atoms with Gasteiger partial charge in [-0.25, -0.2) is 4.39 Å². The minimum atomic E-state index is -0.305. The van der Waals surface area contributed by atoms with Crippen LogP contribution in [-0.2, 0) is 0 Å². The minimum absolute atomic E-state index is 0.282. The van der Waals surface area contributed by atoms with Crippen LogP contribution in [0.1, 0.15) is 25.5 Å². The number of hydrogen-bond donors (Lipinski definition) is 1. The first-order chi connectivity index (χ1) is 6.15. The summed E-state index contributed by atoms with van der Waals surface area (Å²) in [6.07, 6.45) is 0. The second-order valence-corrected chi connectivity index (χ2v) is 2.91. The van der Waals surface area contributed by atoms with Gasteiger partial charge in [-0.05, 0) is 19.9 Å². The summed E-state index contributed by atoms with van der Waals surface area (Å²) in [5, 5.41) is 0. The number of benzene rings is 1. The Kier molecular flexibility index (Phi) is 3.25. The Bertz CT molecular complexity index is 286. The molecule has 0 aliphatic carbocycles. The van der Waals surface area contributed by atoms with E-state index in [1.165, 1.54) is 6.07 Å². The predicted molar refractivity (Wildman–Crippen MR) is 50.2 cm³/mol. The van der Waals surface area contributed by atoms with E-state index in [1.54, 1.807) is 19.1 Å². The molecule has 2 nitrogen and oxygen atoms in total. The summed E-state index contributed by atoms with van der Waals surface area (Å²) in [7, 11) is 0. The smallest absolute Gasteiger partial charge is 0.131 e. The average Bonchev–Trinajstić information content (AvgIpc) is 2.04. The van der Waals surface area contributed by atoms with Crippen LogP contribution in [0.15, 0.2) is 18.2 Å². The fourth-order valence-corrected chi connectivity index (χ4v) is 1.13. The van der Waals surface area contributed by atoms with Gasteiger partial charge in [-0.2, -0.15) is 0 Å². The van der Waals surface area contributed by atoms with E-state index in [2.05, 4.69) is 0 Å². The van der Waals surface area contributed by atoms with Crippen LogP contribution in [0.25, 0.3) is 0 Å². The molecule has 0 heterocycles. The predicted octanol–water partition coefficient (Wildman–Crippen LogP) is 2.24. The van der Waals surface area contributed by atoms with Crippen molar-refractivity contribution < 1.29 is 9.13 Å². The fraction of sp³-hybridized carbons (Fsp3) is 0.400. The zero-order chi connectivity index (χ0) is 9.84. The molecule has 3 heteroatoms. The van der Waals surface area contributed by atoms with Gasteiger partial charge in [0.15, 0.2) is 0 Å². The van der Waals surface area contributed by atoms with E-state index in [9.17, 15) is 4.39 Å². The van der Waals surface area contributed by atoms with Crippen LogP contribution in [0.4, 0.5) is 4.39 Å². The second kappa shape index (κ2) is 4.23. The molecule has 0 aliphatic rings. The number of nitrogens with two attached hydrogens (primary N) is 1. The first-order valence-corrected chi connectivity index (χ1v) is 4.33. The van der Waals surface area contributed by atoms with Gasteiger partial charge in [-0.1, -0.05) is 6.07 Å². The van der Waals surface area contributed by atoms with E-state index in [-0.39, 0.29) is 11.9 Å². The summed E-state index contributed by atoms with van der Waals surface area (Å²) in [4.78, 5) is 0. The maximum absolute atomic E-state index is 13.3. The average molecular weight is 183 g/mol. The molecule has 0 amide bonds. The van der Waals surface area contributed by atoms with Crippen LogP contribution in [0, 0.1) is 5.82 Å². The molecule has 0 fully saturated rings. The highest BCUT2D eigenvalue weighted by atomic mass is 19.1. The molecule has 0 saturated heterocycles. The van der Waals surface area contributed by atoms with Crippen LogP contribution in [0.2, 0.25) is 0 Å². The van der Waals surface area contributed by atoms with Crippen LogP contribution in [-0.4, -0.2) is 6.61 Å². The van der Waals surface area contributed by atoms with Crippen molar-refractivity contribution in [2.45, 2.75) is 19.9 Å². The first kappa shape index (κ1) is 9.99. The standard InChI is InChI=1S/C10H14FNO/c1-3-13-8-4-5-9(7(2)12)10(11)6-8/h4-7H,3,12H2,1-2H3. The van der Waals surface area contributed by atoms with Gasteiger partial charge in [0.1, 0.15) is 11.6 Å². The van der Waals surface area contributed by atoms with E-state index in [4.69, 9.17) is 10.5 Å². The third kappa shape index (κ3) is 2.42. The van der Waals surface area contributed by atoms with E-state index in [0.717, 1.165) is 0 Å². The van der Waals surface area contributed by atoms with Gasteiger partial charge < -0.3 is 10.5 Å². The molecule has 0 saturated carbocycles. The second-order valence-electron chi connectivity index (χ2n) is 2.91. The van der Waals surface area contributed by atoms with Gasteiger partial charge in [0, 0.05) is 17.7 Å². The molecule has 0 radical (unpaired) electrons. The summed E-state index contributed by atoms with van der Waals surface area (Å²) in [5.41, 5.74) is 6.07. The van der Waals surface area contributed by atoms with Crippen molar-refractivity contribution in [1.82, 2.24) is 0 Å². The number of ether oxygens (including phenoxy) is 1. The lowest BCUT2D eigenvalue weighted by Crippen LogP contribution is -2.07. The summed E-state index contributed by atoms with van der Waals surface area (Å²) >= 11 is 0. The van der Waals surface area contributed by atoms with Crippen molar-refractivity contribution in [3.63, 3.8) is 0 Å². The van der Waals surface area contributed by atoms with Crippen LogP contribution in [0.5, 0.6) is 5.75 Å².